The largest absolute Gasteiger partial charge is 0.354 e. The molecule has 2 aromatic rings. The maximum absolute atomic E-state index is 11.8. The van der Waals surface area contributed by atoms with Gasteiger partial charge in [0.2, 0.25) is 5.91 Å². The molecule has 1 heterocycles. The van der Waals surface area contributed by atoms with Crippen molar-refractivity contribution in [3.8, 4) is 0 Å². The number of benzene rings is 1. The summed E-state index contributed by atoms with van der Waals surface area (Å²) in [6.45, 7) is 0.647. The van der Waals surface area contributed by atoms with Crippen molar-refractivity contribution in [2.24, 2.45) is 0 Å². The molecule has 0 unspecified atom stereocenters. The number of carbonyl (C=O) groups is 3. The van der Waals surface area contributed by atoms with Gasteiger partial charge in [0.1, 0.15) is 0 Å². The summed E-state index contributed by atoms with van der Waals surface area (Å²) in [7, 11) is 0. The van der Waals surface area contributed by atoms with Crippen LogP contribution < -0.4 is 10.6 Å². The molecular formula is C18H19N3O3. The number of ketones is 1. The minimum absolute atomic E-state index is 0.111. The maximum atomic E-state index is 11.8. The van der Waals surface area contributed by atoms with Gasteiger partial charge in [0.25, 0.3) is 5.91 Å². The number of nitrogens with one attached hydrogen (secondary N) is 2. The highest BCUT2D eigenvalue weighted by molar-refractivity contribution is 5.97. The third-order valence-electron chi connectivity index (χ3n) is 3.33. The first kappa shape index (κ1) is 17.3. The van der Waals surface area contributed by atoms with Gasteiger partial charge in [0.05, 0.1) is 0 Å². The molecule has 0 fully saturated rings. The molecule has 0 bridgehead atoms. The first-order valence-corrected chi connectivity index (χ1v) is 7.70. The second-order valence-electron chi connectivity index (χ2n) is 5.14. The Hall–Kier alpha value is -3.02. The summed E-state index contributed by atoms with van der Waals surface area (Å²) in [5.74, 6) is -0.520. The number of amides is 2. The van der Waals surface area contributed by atoms with E-state index in [9.17, 15) is 14.4 Å². The lowest BCUT2D eigenvalue weighted by molar-refractivity contribution is -0.121. The van der Waals surface area contributed by atoms with Gasteiger partial charge in [-0.3, -0.25) is 19.4 Å². The molecule has 0 aliphatic heterocycles. The van der Waals surface area contributed by atoms with E-state index >= 15 is 0 Å². The number of rotatable bonds is 8. The van der Waals surface area contributed by atoms with Gasteiger partial charge < -0.3 is 10.6 Å². The van der Waals surface area contributed by atoms with E-state index in [1.165, 1.54) is 6.20 Å². The molecule has 0 radical (unpaired) electrons. The second kappa shape index (κ2) is 9.19. The average Bonchev–Trinajstić information content (AvgIpc) is 2.64. The molecule has 0 saturated carbocycles. The molecule has 2 N–H and O–H groups in total. The van der Waals surface area contributed by atoms with E-state index in [0.717, 1.165) is 0 Å². The van der Waals surface area contributed by atoms with Crippen molar-refractivity contribution in [2.45, 2.75) is 12.8 Å². The number of pyridine rings is 1. The van der Waals surface area contributed by atoms with Gasteiger partial charge in [-0.25, -0.2) is 0 Å². The highest BCUT2D eigenvalue weighted by atomic mass is 16.2. The molecular weight excluding hydrogens is 306 g/mol. The van der Waals surface area contributed by atoms with Gasteiger partial charge in [-0.15, -0.1) is 0 Å². The van der Waals surface area contributed by atoms with Gasteiger partial charge in [-0.05, 0) is 24.3 Å². The van der Waals surface area contributed by atoms with Crippen molar-refractivity contribution >= 4 is 17.6 Å². The van der Waals surface area contributed by atoms with Crippen LogP contribution in [-0.4, -0.2) is 35.7 Å². The van der Waals surface area contributed by atoms with Crippen molar-refractivity contribution in [3.05, 3.63) is 66.0 Å². The van der Waals surface area contributed by atoms with E-state index in [0.29, 0.717) is 24.2 Å². The zero-order valence-corrected chi connectivity index (χ0v) is 13.2. The van der Waals surface area contributed by atoms with Crippen LogP contribution in [0.15, 0.2) is 54.9 Å². The first-order valence-electron chi connectivity index (χ1n) is 7.70. The van der Waals surface area contributed by atoms with Gasteiger partial charge in [0, 0.05) is 49.5 Å². The van der Waals surface area contributed by atoms with E-state index in [1.807, 2.05) is 6.07 Å². The number of aromatic nitrogens is 1. The monoisotopic (exact) mass is 325 g/mol. The van der Waals surface area contributed by atoms with E-state index in [1.54, 1.807) is 42.6 Å². The van der Waals surface area contributed by atoms with Crippen LogP contribution in [0.4, 0.5) is 0 Å². The van der Waals surface area contributed by atoms with Crippen LogP contribution in [0.2, 0.25) is 0 Å². The van der Waals surface area contributed by atoms with Crippen molar-refractivity contribution in [3.63, 3.8) is 0 Å². The molecule has 0 aliphatic rings. The predicted molar refractivity (Wildman–Crippen MR) is 89.6 cm³/mol. The van der Waals surface area contributed by atoms with Crippen LogP contribution in [0.5, 0.6) is 0 Å². The summed E-state index contributed by atoms with van der Waals surface area (Å²) in [4.78, 5) is 39.2. The lowest BCUT2D eigenvalue weighted by atomic mass is 10.1. The Bertz CT molecular complexity index is 687. The zero-order valence-electron chi connectivity index (χ0n) is 13.2. The number of Topliss-reactive ketones (excluding diaryl/α,β-unsaturated/α-hetero) is 1. The van der Waals surface area contributed by atoms with Crippen molar-refractivity contribution < 1.29 is 14.4 Å². The lowest BCUT2D eigenvalue weighted by Gasteiger charge is -2.07. The van der Waals surface area contributed by atoms with E-state index in [4.69, 9.17) is 0 Å². The van der Waals surface area contributed by atoms with Gasteiger partial charge >= 0.3 is 0 Å². The molecule has 24 heavy (non-hydrogen) atoms. The first-order chi connectivity index (χ1) is 11.7. The molecule has 1 aromatic carbocycles. The van der Waals surface area contributed by atoms with Gasteiger partial charge in [0.15, 0.2) is 5.78 Å². The van der Waals surface area contributed by atoms with E-state index in [2.05, 4.69) is 15.6 Å². The Labute approximate surface area is 140 Å². The summed E-state index contributed by atoms with van der Waals surface area (Å²) in [5.41, 5.74) is 1.08. The molecule has 2 amide bonds. The third kappa shape index (κ3) is 5.64. The third-order valence-corrected chi connectivity index (χ3v) is 3.33. The Morgan fingerprint density at radius 2 is 1.54 bits per heavy atom. The quantitative estimate of drug-likeness (QED) is 0.570. The molecule has 124 valence electrons. The zero-order chi connectivity index (χ0) is 17.2. The van der Waals surface area contributed by atoms with Crippen LogP contribution in [0, 0.1) is 0 Å². The Morgan fingerprint density at radius 3 is 2.25 bits per heavy atom. The normalized spacial score (nSPS) is 10.0. The fraction of sp³-hybridized carbons (Fsp3) is 0.222. The number of carbonyl (C=O) groups excluding carboxylic acids is 3. The van der Waals surface area contributed by atoms with Crippen molar-refractivity contribution in [2.75, 3.05) is 13.1 Å². The van der Waals surface area contributed by atoms with Gasteiger partial charge in [-0.1, -0.05) is 18.2 Å². The summed E-state index contributed by atoms with van der Waals surface area (Å²) < 4.78 is 0. The molecule has 0 spiro atoms. The molecule has 1 aromatic heterocycles. The van der Waals surface area contributed by atoms with Crippen LogP contribution in [0.1, 0.15) is 33.6 Å². The highest BCUT2D eigenvalue weighted by Crippen LogP contribution is 2.03. The number of hydrogen-bond acceptors (Lipinski definition) is 4. The lowest BCUT2D eigenvalue weighted by Crippen LogP contribution is -2.34. The fourth-order valence-electron chi connectivity index (χ4n) is 2.06. The Balaban J connectivity index is 1.62. The molecule has 0 saturated heterocycles. The van der Waals surface area contributed by atoms with E-state index in [-0.39, 0.29) is 30.4 Å². The average molecular weight is 325 g/mol. The molecule has 6 nitrogen and oxygen atoms in total. The van der Waals surface area contributed by atoms with Crippen LogP contribution >= 0.6 is 0 Å². The van der Waals surface area contributed by atoms with Crippen molar-refractivity contribution in [1.82, 2.24) is 15.6 Å². The Kier molecular flexibility index (Phi) is 6.64. The Morgan fingerprint density at radius 1 is 0.833 bits per heavy atom. The van der Waals surface area contributed by atoms with E-state index < -0.39 is 0 Å². The SMILES string of the molecule is O=C(CCC(=O)c1cccnc1)NCCNC(=O)c1ccccc1. The van der Waals surface area contributed by atoms with Gasteiger partial charge in [-0.2, -0.15) is 0 Å². The number of nitrogens with zero attached hydrogens (tertiary/aromatic N) is 1. The molecule has 0 aliphatic carbocycles. The highest BCUT2D eigenvalue weighted by Gasteiger charge is 2.09. The molecule has 0 atom stereocenters. The standard InChI is InChI=1S/C18H19N3O3/c22-16(15-7-4-10-19-13-15)8-9-17(23)20-11-12-21-18(24)14-5-2-1-3-6-14/h1-7,10,13H,8-9,11-12H2,(H,20,23)(H,21,24). The second-order valence-corrected chi connectivity index (χ2v) is 5.14. The fourth-order valence-corrected chi connectivity index (χ4v) is 2.06. The summed E-state index contributed by atoms with van der Waals surface area (Å²) in [6.07, 6.45) is 3.32. The van der Waals surface area contributed by atoms with Crippen molar-refractivity contribution in [1.29, 1.82) is 0 Å². The summed E-state index contributed by atoms with van der Waals surface area (Å²) >= 11 is 0. The molecule has 2 rings (SSSR count). The predicted octanol–water partition coefficient (Wildman–Crippen LogP) is 1.59. The van der Waals surface area contributed by atoms with Crippen LogP contribution in [0.3, 0.4) is 0 Å². The topological polar surface area (TPSA) is 88.2 Å². The minimum atomic E-state index is -0.221. The number of hydrogen-bond donors (Lipinski definition) is 2. The summed E-state index contributed by atoms with van der Waals surface area (Å²) in [5, 5.41) is 5.39. The van der Waals surface area contributed by atoms with Crippen LogP contribution in [-0.2, 0) is 4.79 Å². The van der Waals surface area contributed by atoms with Crippen LogP contribution in [0.25, 0.3) is 0 Å². The smallest absolute Gasteiger partial charge is 0.251 e. The molecule has 6 heteroatoms. The summed E-state index contributed by atoms with van der Waals surface area (Å²) in [6, 6.07) is 12.2. The maximum Gasteiger partial charge on any atom is 0.251 e. The minimum Gasteiger partial charge on any atom is -0.354 e.